The molecule has 0 spiro atoms. The topological polar surface area (TPSA) is 73.1 Å². The first-order valence-corrected chi connectivity index (χ1v) is 5.59. The van der Waals surface area contributed by atoms with Gasteiger partial charge in [0.05, 0.1) is 24.0 Å². The molecule has 1 atom stereocenters. The van der Waals surface area contributed by atoms with Crippen LogP contribution in [0.2, 0.25) is 0 Å². The highest BCUT2D eigenvalue weighted by Crippen LogP contribution is 2.17. The van der Waals surface area contributed by atoms with Gasteiger partial charge in [-0.15, -0.1) is 0 Å². The summed E-state index contributed by atoms with van der Waals surface area (Å²) in [5, 5.41) is 8.22. The SMILES string of the molecule is CCOCC(NN)c1cc(C)nnc1CC. The van der Waals surface area contributed by atoms with Gasteiger partial charge in [0.2, 0.25) is 0 Å². The Labute approximate surface area is 96.4 Å². The Bertz CT molecular complexity index is 330. The van der Waals surface area contributed by atoms with Crippen molar-refractivity contribution in [3.63, 3.8) is 0 Å². The minimum atomic E-state index is -0.0240. The smallest absolute Gasteiger partial charge is 0.0712 e. The predicted molar refractivity (Wildman–Crippen MR) is 62.7 cm³/mol. The van der Waals surface area contributed by atoms with Crippen LogP contribution >= 0.6 is 0 Å². The molecular weight excluding hydrogens is 204 g/mol. The molecule has 1 unspecified atom stereocenters. The van der Waals surface area contributed by atoms with Crippen molar-refractivity contribution in [1.82, 2.24) is 15.6 Å². The average molecular weight is 224 g/mol. The van der Waals surface area contributed by atoms with Gasteiger partial charge in [-0.3, -0.25) is 11.3 Å². The van der Waals surface area contributed by atoms with E-state index in [0.29, 0.717) is 13.2 Å². The molecule has 16 heavy (non-hydrogen) atoms. The number of nitrogens with two attached hydrogens (primary N) is 1. The summed E-state index contributed by atoms with van der Waals surface area (Å²) in [7, 11) is 0. The maximum Gasteiger partial charge on any atom is 0.0712 e. The lowest BCUT2D eigenvalue weighted by molar-refractivity contribution is 0.122. The van der Waals surface area contributed by atoms with Crippen LogP contribution in [0.4, 0.5) is 0 Å². The number of hydrogen-bond acceptors (Lipinski definition) is 5. The summed E-state index contributed by atoms with van der Waals surface area (Å²) in [6.07, 6.45) is 0.840. The van der Waals surface area contributed by atoms with Crippen LogP contribution in [0.1, 0.15) is 36.8 Å². The molecular formula is C11H20N4O. The standard InChI is InChI=1S/C11H20N4O/c1-4-10-9(6-8(3)14-15-10)11(13-12)7-16-5-2/h6,11,13H,4-5,7,12H2,1-3H3. The van der Waals surface area contributed by atoms with Crippen LogP contribution < -0.4 is 11.3 Å². The summed E-state index contributed by atoms with van der Waals surface area (Å²) in [5.41, 5.74) is 5.70. The maximum absolute atomic E-state index is 5.54. The van der Waals surface area contributed by atoms with Crippen molar-refractivity contribution in [2.45, 2.75) is 33.2 Å². The summed E-state index contributed by atoms with van der Waals surface area (Å²) in [6.45, 7) is 7.16. The number of hydrogen-bond donors (Lipinski definition) is 2. The van der Waals surface area contributed by atoms with Crippen molar-refractivity contribution in [2.75, 3.05) is 13.2 Å². The van der Waals surface area contributed by atoms with Gasteiger partial charge in [-0.2, -0.15) is 10.2 Å². The molecule has 0 aromatic carbocycles. The van der Waals surface area contributed by atoms with Gasteiger partial charge in [0.25, 0.3) is 0 Å². The third kappa shape index (κ3) is 3.23. The van der Waals surface area contributed by atoms with Crippen molar-refractivity contribution < 1.29 is 4.74 Å². The second kappa shape index (κ2) is 6.52. The molecule has 5 nitrogen and oxygen atoms in total. The predicted octanol–water partition coefficient (Wildman–Crippen LogP) is 0.888. The van der Waals surface area contributed by atoms with E-state index < -0.39 is 0 Å². The zero-order valence-corrected chi connectivity index (χ0v) is 10.2. The Morgan fingerprint density at radius 2 is 2.19 bits per heavy atom. The van der Waals surface area contributed by atoms with Gasteiger partial charge in [-0.1, -0.05) is 6.92 Å². The minimum Gasteiger partial charge on any atom is -0.380 e. The fourth-order valence-electron chi connectivity index (χ4n) is 1.57. The van der Waals surface area contributed by atoms with E-state index in [-0.39, 0.29) is 6.04 Å². The zero-order chi connectivity index (χ0) is 12.0. The molecule has 0 radical (unpaired) electrons. The number of aryl methyl sites for hydroxylation is 2. The van der Waals surface area contributed by atoms with Gasteiger partial charge in [-0.25, -0.2) is 0 Å². The van der Waals surface area contributed by atoms with Crippen molar-refractivity contribution in [2.24, 2.45) is 5.84 Å². The lowest BCUT2D eigenvalue weighted by atomic mass is 10.0. The first-order chi connectivity index (χ1) is 7.72. The zero-order valence-electron chi connectivity index (χ0n) is 10.2. The second-order valence-corrected chi connectivity index (χ2v) is 3.62. The lowest BCUT2D eigenvalue weighted by Crippen LogP contribution is -2.32. The van der Waals surface area contributed by atoms with Crippen molar-refractivity contribution in [1.29, 1.82) is 0 Å². The van der Waals surface area contributed by atoms with Gasteiger partial charge < -0.3 is 4.74 Å². The molecule has 0 bridgehead atoms. The summed E-state index contributed by atoms with van der Waals surface area (Å²) < 4.78 is 5.39. The number of ether oxygens (including phenoxy) is 1. The third-order valence-corrected chi connectivity index (χ3v) is 2.43. The van der Waals surface area contributed by atoms with Gasteiger partial charge >= 0.3 is 0 Å². The van der Waals surface area contributed by atoms with Gasteiger partial charge in [-0.05, 0) is 31.9 Å². The van der Waals surface area contributed by atoms with Crippen LogP contribution in [0.5, 0.6) is 0 Å². The Hall–Kier alpha value is -1.04. The van der Waals surface area contributed by atoms with E-state index in [9.17, 15) is 0 Å². The van der Waals surface area contributed by atoms with Crippen molar-refractivity contribution in [3.8, 4) is 0 Å². The Morgan fingerprint density at radius 3 is 2.75 bits per heavy atom. The molecule has 0 aliphatic heterocycles. The van der Waals surface area contributed by atoms with Crippen LogP contribution in [0.25, 0.3) is 0 Å². The molecule has 90 valence electrons. The summed E-state index contributed by atoms with van der Waals surface area (Å²) in [5.74, 6) is 5.54. The van der Waals surface area contributed by atoms with Gasteiger partial charge in [0, 0.05) is 6.61 Å². The number of aromatic nitrogens is 2. The monoisotopic (exact) mass is 224 g/mol. The van der Waals surface area contributed by atoms with Crippen molar-refractivity contribution in [3.05, 3.63) is 23.0 Å². The molecule has 0 saturated carbocycles. The largest absolute Gasteiger partial charge is 0.380 e. The van der Waals surface area contributed by atoms with Crippen LogP contribution in [0, 0.1) is 6.92 Å². The number of nitrogens with zero attached hydrogens (tertiary/aromatic N) is 2. The highest BCUT2D eigenvalue weighted by atomic mass is 16.5. The molecule has 0 saturated heterocycles. The third-order valence-electron chi connectivity index (χ3n) is 2.43. The Morgan fingerprint density at radius 1 is 1.44 bits per heavy atom. The molecule has 0 aliphatic carbocycles. The summed E-state index contributed by atoms with van der Waals surface area (Å²) >= 11 is 0. The van der Waals surface area contributed by atoms with Crippen LogP contribution in [0.3, 0.4) is 0 Å². The first-order valence-electron chi connectivity index (χ1n) is 5.59. The van der Waals surface area contributed by atoms with Crippen molar-refractivity contribution >= 4 is 0 Å². The first kappa shape index (κ1) is 13.0. The molecule has 0 aliphatic rings. The molecule has 5 heteroatoms. The van der Waals surface area contributed by atoms with Gasteiger partial charge in [0.1, 0.15) is 0 Å². The van der Waals surface area contributed by atoms with Crippen LogP contribution in [-0.2, 0) is 11.2 Å². The summed E-state index contributed by atoms with van der Waals surface area (Å²) in [6, 6.07) is 1.99. The van der Waals surface area contributed by atoms with E-state index in [1.54, 1.807) is 0 Å². The quantitative estimate of drug-likeness (QED) is 0.554. The minimum absolute atomic E-state index is 0.0240. The van der Waals surface area contributed by atoms with E-state index >= 15 is 0 Å². The highest BCUT2D eigenvalue weighted by Gasteiger charge is 2.15. The maximum atomic E-state index is 5.54. The van der Waals surface area contributed by atoms with E-state index in [4.69, 9.17) is 10.6 Å². The molecule has 0 amide bonds. The Kier molecular flexibility index (Phi) is 5.31. The van der Waals surface area contributed by atoms with Gasteiger partial charge in [0.15, 0.2) is 0 Å². The van der Waals surface area contributed by atoms with Crippen LogP contribution in [0.15, 0.2) is 6.07 Å². The fourth-order valence-corrected chi connectivity index (χ4v) is 1.57. The number of rotatable bonds is 6. The molecule has 1 aromatic rings. The summed E-state index contributed by atoms with van der Waals surface area (Å²) in [4.78, 5) is 0. The highest BCUT2D eigenvalue weighted by molar-refractivity contribution is 5.24. The van der Waals surface area contributed by atoms with Crippen LogP contribution in [-0.4, -0.2) is 23.4 Å². The molecule has 3 N–H and O–H groups in total. The number of nitrogens with one attached hydrogen (secondary N) is 1. The molecule has 1 rings (SSSR count). The van der Waals surface area contributed by atoms with E-state index in [1.807, 2.05) is 19.9 Å². The Balaban J connectivity index is 2.92. The normalized spacial score (nSPS) is 12.8. The average Bonchev–Trinajstić information content (AvgIpc) is 2.30. The van der Waals surface area contributed by atoms with E-state index in [0.717, 1.165) is 23.4 Å². The molecule has 1 heterocycles. The number of hydrazine groups is 1. The molecule has 0 fully saturated rings. The van der Waals surface area contributed by atoms with E-state index in [2.05, 4.69) is 22.5 Å². The van der Waals surface area contributed by atoms with E-state index in [1.165, 1.54) is 0 Å². The second-order valence-electron chi connectivity index (χ2n) is 3.62. The molecule has 1 aromatic heterocycles. The fraction of sp³-hybridized carbons (Fsp3) is 0.636. The lowest BCUT2D eigenvalue weighted by Gasteiger charge is -2.18.